The van der Waals surface area contributed by atoms with Crippen molar-refractivity contribution in [2.24, 2.45) is 0 Å². The quantitative estimate of drug-likeness (QED) is 0.219. The highest BCUT2D eigenvalue weighted by molar-refractivity contribution is 7.40. The molecule has 8 atom stereocenters. The van der Waals surface area contributed by atoms with E-state index in [0.29, 0.717) is 23.7 Å². The summed E-state index contributed by atoms with van der Waals surface area (Å²) in [6, 6.07) is 45.5. The lowest BCUT2D eigenvalue weighted by Crippen LogP contribution is -2.20. The predicted octanol–water partition coefficient (Wildman–Crippen LogP) is 9.02. The Hall–Kier alpha value is -2.26. The van der Waals surface area contributed by atoms with Crippen LogP contribution in [0.2, 0.25) is 0 Å². The minimum Gasteiger partial charge on any atom is -0.118 e. The van der Waals surface area contributed by atoms with Crippen LogP contribution in [0.15, 0.2) is 121 Å². The highest BCUT2D eigenvalue weighted by Gasteiger charge is 2.41. The molecule has 0 saturated carbocycles. The smallest absolute Gasteiger partial charge is 0.00245 e. The Balaban J connectivity index is 1.24. The fourth-order valence-corrected chi connectivity index (χ4v) is 11.1. The van der Waals surface area contributed by atoms with Gasteiger partial charge in [-0.3, -0.25) is 0 Å². The van der Waals surface area contributed by atoms with Crippen LogP contribution in [0.3, 0.4) is 0 Å². The molecule has 4 unspecified atom stereocenters. The van der Waals surface area contributed by atoms with E-state index in [1.807, 2.05) is 0 Å². The molecule has 182 valence electrons. The third-order valence-electron chi connectivity index (χ3n) is 8.55. The molecule has 0 nitrogen and oxygen atoms in total. The molecule has 0 spiro atoms. The molecule has 4 aromatic carbocycles. The molecule has 0 aromatic heterocycles. The summed E-state index contributed by atoms with van der Waals surface area (Å²) >= 11 is 0. The second-order valence-electron chi connectivity index (χ2n) is 10.5. The van der Waals surface area contributed by atoms with E-state index in [-0.39, 0.29) is 0 Å². The summed E-state index contributed by atoms with van der Waals surface area (Å²) in [6.07, 6.45) is 5.42. The average Bonchev–Trinajstić information content (AvgIpc) is 3.58. The maximum Gasteiger partial charge on any atom is -0.00245 e. The fourth-order valence-electron chi connectivity index (χ4n) is 6.88. The molecule has 36 heavy (non-hydrogen) atoms. The molecule has 0 radical (unpaired) electrons. The van der Waals surface area contributed by atoms with Gasteiger partial charge in [-0.1, -0.05) is 121 Å². The Morgan fingerprint density at radius 1 is 0.417 bits per heavy atom. The average molecular weight is 507 g/mol. The Morgan fingerprint density at radius 2 is 0.722 bits per heavy atom. The topological polar surface area (TPSA) is 0 Å². The molecule has 6 rings (SSSR count). The van der Waals surface area contributed by atoms with Crippen molar-refractivity contribution in [2.45, 2.75) is 47.8 Å². The van der Waals surface area contributed by atoms with Crippen molar-refractivity contribution in [1.82, 2.24) is 0 Å². The molecule has 0 bridgehead atoms. The molecular weight excluding hydrogens is 470 g/mol. The van der Waals surface area contributed by atoms with Gasteiger partial charge in [0, 0.05) is 0 Å². The summed E-state index contributed by atoms with van der Waals surface area (Å²) in [5.74, 6) is 2.61. The van der Waals surface area contributed by atoms with E-state index in [0.717, 1.165) is 28.5 Å². The van der Waals surface area contributed by atoms with Gasteiger partial charge in [0.05, 0.1) is 0 Å². The maximum atomic E-state index is 2.39. The van der Waals surface area contributed by atoms with Gasteiger partial charge in [-0.2, -0.15) is 0 Å². The van der Waals surface area contributed by atoms with E-state index in [9.17, 15) is 0 Å². The molecule has 2 heterocycles. The second-order valence-corrected chi connectivity index (χ2v) is 13.6. The monoisotopic (exact) mass is 506 g/mol. The normalized spacial score (nSPS) is 29.1. The standard InChI is InChI=1S/C34H36P2/c1-5-13-25(14-6-1)29-23-35-31(33(29)27-17-9-3-10-18-27)21-22-32-34(28-19-11-4-12-20-28)30(24-36-32)26-15-7-2-8-16-26/h1-20,29-36H,21-24H2/t29-,30-,31?,32?,33-,34-/m1/s1. The molecule has 0 aliphatic carbocycles. The van der Waals surface area contributed by atoms with Crippen molar-refractivity contribution in [3.63, 3.8) is 0 Å². The van der Waals surface area contributed by atoms with Gasteiger partial charge in [0.2, 0.25) is 0 Å². The van der Waals surface area contributed by atoms with Gasteiger partial charge in [-0.05, 0) is 82.4 Å². The number of benzene rings is 4. The summed E-state index contributed by atoms with van der Waals surface area (Å²) in [5, 5.41) is 0. The molecule has 0 amide bonds. The van der Waals surface area contributed by atoms with Gasteiger partial charge in [-0.15, -0.1) is 17.2 Å². The van der Waals surface area contributed by atoms with E-state index >= 15 is 0 Å². The van der Waals surface area contributed by atoms with Crippen molar-refractivity contribution in [3.05, 3.63) is 144 Å². The van der Waals surface area contributed by atoms with Crippen molar-refractivity contribution < 1.29 is 0 Å². The Kier molecular flexibility index (Phi) is 7.65. The lowest BCUT2D eigenvalue weighted by Gasteiger charge is -2.29. The van der Waals surface area contributed by atoms with E-state index in [2.05, 4.69) is 121 Å². The number of hydrogen-bond acceptors (Lipinski definition) is 0. The van der Waals surface area contributed by atoms with Gasteiger partial charge in [0.15, 0.2) is 0 Å². The number of rotatable bonds is 7. The summed E-state index contributed by atoms with van der Waals surface area (Å²) in [5.41, 5.74) is 7.78. The largest absolute Gasteiger partial charge is 0.118 e. The molecule has 2 aliphatic heterocycles. The fraction of sp³-hybridized carbons (Fsp3) is 0.294. The first-order valence-electron chi connectivity index (χ1n) is 13.5. The zero-order chi connectivity index (χ0) is 24.2. The van der Waals surface area contributed by atoms with Gasteiger partial charge >= 0.3 is 0 Å². The summed E-state index contributed by atoms with van der Waals surface area (Å²) in [6.45, 7) is 0. The van der Waals surface area contributed by atoms with E-state index in [1.165, 1.54) is 36.3 Å². The van der Waals surface area contributed by atoms with Crippen molar-refractivity contribution >= 4 is 17.2 Å². The van der Waals surface area contributed by atoms with Gasteiger partial charge < -0.3 is 0 Å². The van der Waals surface area contributed by atoms with Crippen LogP contribution in [0.5, 0.6) is 0 Å². The molecule has 2 saturated heterocycles. The third kappa shape index (κ3) is 5.09. The van der Waals surface area contributed by atoms with E-state index in [4.69, 9.17) is 0 Å². The van der Waals surface area contributed by atoms with Gasteiger partial charge in [-0.25, -0.2) is 0 Å². The van der Waals surface area contributed by atoms with Crippen molar-refractivity contribution in [2.75, 3.05) is 12.3 Å². The Labute approximate surface area is 220 Å². The third-order valence-corrected chi connectivity index (χ3v) is 12.2. The maximum absolute atomic E-state index is 2.39. The first-order chi connectivity index (χ1) is 17.9. The minimum absolute atomic E-state index is 0.650. The van der Waals surface area contributed by atoms with E-state index in [1.54, 1.807) is 11.1 Å². The van der Waals surface area contributed by atoms with Crippen molar-refractivity contribution in [3.8, 4) is 0 Å². The summed E-state index contributed by atoms with van der Waals surface area (Å²) in [4.78, 5) is 0. The summed E-state index contributed by atoms with van der Waals surface area (Å²) < 4.78 is 0. The molecule has 2 aliphatic rings. The molecule has 2 heteroatoms. The Bertz CT molecular complexity index is 1110. The molecular formula is C34H36P2. The minimum atomic E-state index is 0.650. The molecule has 2 fully saturated rings. The van der Waals surface area contributed by atoms with Crippen LogP contribution in [0, 0.1) is 0 Å². The van der Waals surface area contributed by atoms with Crippen molar-refractivity contribution in [1.29, 1.82) is 0 Å². The molecule has 0 N–H and O–H groups in total. The SMILES string of the molecule is c1ccc([C@H]2CPC(CCC3PC[C@H](c4ccccc4)[C@H]3c3ccccc3)[C@@H]2c2ccccc2)cc1. The van der Waals surface area contributed by atoms with Crippen LogP contribution in [0.1, 0.15) is 58.8 Å². The lowest BCUT2D eigenvalue weighted by molar-refractivity contribution is 0.507. The Morgan fingerprint density at radius 3 is 1.06 bits per heavy atom. The van der Waals surface area contributed by atoms with E-state index < -0.39 is 0 Å². The lowest BCUT2D eigenvalue weighted by atomic mass is 9.77. The van der Waals surface area contributed by atoms with Crippen LogP contribution in [-0.2, 0) is 0 Å². The highest BCUT2D eigenvalue weighted by Crippen LogP contribution is 2.57. The van der Waals surface area contributed by atoms with Crippen LogP contribution in [-0.4, -0.2) is 23.6 Å². The summed E-state index contributed by atoms with van der Waals surface area (Å²) in [7, 11) is 2.13. The van der Waals surface area contributed by atoms with Crippen LogP contribution < -0.4 is 0 Å². The van der Waals surface area contributed by atoms with Gasteiger partial charge in [0.1, 0.15) is 0 Å². The second kappa shape index (κ2) is 11.4. The zero-order valence-corrected chi connectivity index (χ0v) is 22.8. The van der Waals surface area contributed by atoms with Crippen LogP contribution in [0.4, 0.5) is 0 Å². The van der Waals surface area contributed by atoms with Gasteiger partial charge in [0.25, 0.3) is 0 Å². The molecule has 4 aromatic rings. The van der Waals surface area contributed by atoms with Crippen LogP contribution >= 0.6 is 17.2 Å². The predicted molar refractivity (Wildman–Crippen MR) is 160 cm³/mol. The van der Waals surface area contributed by atoms with Crippen LogP contribution in [0.25, 0.3) is 0 Å². The number of hydrogen-bond donors (Lipinski definition) is 0. The highest BCUT2D eigenvalue weighted by atomic mass is 31.1. The first-order valence-corrected chi connectivity index (χ1v) is 16.1. The first kappa shape index (κ1) is 24.1. The zero-order valence-electron chi connectivity index (χ0n) is 20.8.